The Bertz CT molecular complexity index is 870. The first-order valence-electron chi connectivity index (χ1n) is 8.27. The summed E-state index contributed by atoms with van der Waals surface area (Å²) in [4.78, 5) is 0.116. The summed E-state index contributed by atoms with van der Waals surface area (Å²) in [5, 5.41) is 0. The largest absolute Gasteiger partial charge is 0.494 e. The van der Waals surface area contributed by atoms with Crippen LogP contribution in [0.25, 0.3) is 0 Å². The summed E-state index contributed by atoms with van der Waals surface area (Å²) >= 11 is 0. The highest BCUT2D eigenvalue weighted by atomic mass is 32.2. The van der Waals surface area contributed by atoms with E-state index in [1.54, 1.807) is 44.2 Å². The van der Waals surface area contributed by atoms with Crippen molar-refractivity contribution in [3.63, 3.8) is 0 Å². The Morgan fingerprint density at radius 2 is 1.88 bits per heavy atom. The van der Waals surface area contributed by atoms with Crippen molar-refractivity contribution in [2.24, 2.45) is 0 Å². The summed E-state index contributed by atoms with van der Waals surface area (Å²) in [7, 11) is -2.37. The number of ether oxygens (including phenoxy) is 2. The van der Waals surface area contributed by atoms with Crippen LogP contribution in [0.1, 0.15) is 25.0 Å². The van der Waals surface area contributed by atoms with Gasteiger partial charge in [-0.15, -0.1) is 0 Å². The third-order valence-corrected chi connectivity index (χ3v) is 5.65. The highest BCUT2D eigenvalue weighted by Gasteiger charge is 2.31. The van der Waals surface area contributed by atoms with E-state index in [1.165, 1.54) is 19.2 Å². The Morgan fingerprint density at radius 3 is 2.46 bits per heavy atom. The minimum Gasteiger partial charge on any atom is -0.494 e. The molecular weight excluding hydrogens is 357 g/mol. The Balaban J connectivity index is 2.23. The van der Waals surface area contributed by atoms with E-state index in [1.807, 2.05) is 6.92 Å². The van der Waals surface area contributed by atoms with E-state index >= 15 is 0 Å². The first-order chi connectivity index (χ1) is 12.2. The molecule has 0 radical (unpaired) electrons. The molecule has 0 aliphatic heterocycles. The maximum Gasteiger partial charge on any atom is 0.240 e. The van der Waals surface area contributed by atoms with E-state index in [2.05, 4.69) is 4.72 Å². The fourth-order valence-electron chi connectivity index (χ4n) is 2.59. The van der Waals surface area contributed by atoms with Gasteiger partial charge in [0.2, 0.25) is 10.0 Å². The summed E-state index contributed by atoms with van der Waals surface area (Å²) in [6.45, 7) is 5.67. The lowest BCUT2D eigenvalue weighted by Crippen LogP contribution is -2.40. The summed E-state index contributed by atoms with van der Waals surface area (Å²) in [5.41, 5.74) is -0.134. The van der Waals surface area contributed by atoms with Crippen LogP contribution < -0.4 is 9.46 Å². The lowest BCUT2D eigenvalue weighted by Gasteiger charge is -2.29. The third-order valence-electron chi connectivity index (χ3n) is 4.25. The van der Waals surface area contributed by atoms with E-state index in [0.29, 0.717) is 12.4 Å². The van der Waals surface area contributed by atoms with Gasteiger partial charge in [0.05, 0.1) is 11.5 Å². The smallest absolute Gasteiger partial charge is 0.240 e. The molecular formula is C19H24FNO4S. The molecule has 0 spiro atoms. The molecule has 0 fully saturated rings. The predicted octanol–water partition coefficient (Wildman–Crippen LogP) is 3.37. The minimum absolute atomic E-state index is 0.112. The Labute approximate surface area is 154 Å². The van der Waals surface area contributed by atoms with E-state index in [0.717, 1.165) is 5.56 Å². The van der Waals surface area contributed by atoms with Crippen molar-refractivity contribution in [3.05, 3.63) is 59.4 Å². The number of halogens is 1. The molecule has 7 heteroatoms. The Kier molecular flexibility index (Phi) is 6.39. The van der Waals surface area contributed by atoms with Crippen LogP contribution in [0.15, 0.2) is 47.4 Å². The molecule has 0 heterocycles. The molecule has 5 nitrogen and oxygen atoms in total. The van der Waals surface area contributed by atoms with Crippen molar-refractivity contribution < 1.29 is 22.3 Å². The van der Waals surface area contributed by atoms with E-state index in [-0.39, 0.29) is 17.0 Å². The summed E-state index contributed by atoms with van der Waals surface area (Å²) in [6.07, 6.45) is 0. The zero-order valence-electron chi connectivity index (χ0n) is 15.4. The van der Waals surface area contributed by atoms with Gasteiger partial charge in [-0.05, 0) is 50.6 Å². The molecule has 0 aliphatic carbocycles. The van der Waals surface area contributed by atoms with Gasteiger partial charge in [0.15, 0.2) is 0 Å². The molecule has 0 bridgehead atoms. The predicted molar refractivity (Wildman–Crippen MR) is 98.3 cm³/mol. The number of benzene rings is 2. The monoisotopic (exact) mass is 381 g/mol. The summed E-state index contributed by atoms with van der Waals surface area (Å²) in [6, 6.07) is 10.8. The van der Waals surface area contributed by atoms with Gasteiger partial charge in [0.1, 0.15) is 17.2 Å². The fourth-order valence-corrected chi connectivity index (χ4v) is 3.80. The van der Waals surface area contributed by atoms with Gasteiger partial charge in [-0.2, -0.15) is 0 Å². The maximum absolute atomic E-state index is 14.1. The number of rotatable bonds is 8. The van der Waals surface area contributed by atoms with Gasteiger partial charge < -0.3 is 9.47 Å². The van der Waals surface area contributed by atoms with Gasteiger partial charge >= 0.3 is 0 Å². The highest BCUT2D eigenvalue weighted by molar-refractivity contribution is 7.89. The van der Waals surface area contributed by atoms with E-state index in [9.17, 15) is 12.8 Å². The Hall–Kier alpha value is -1.96. The minimum atomic E-state index is -3.79. The number of hydrogen-bond donors (Lipinski definition) is 1. The van der Waals surface area contributed by atoms with Crippen LogP contribution in [0.5, 0.6) is 5.75 Å². The second kappa shape index (κ2) is 8.16. The van der Waals surface area contributed by atoms with Crippen LogP contribution in [0.2, 0.25) is 0 Å². The molecule has 1 atom stereocenters. The molecule has 2 aromatic rings. The molecule has 142 valence electrons. The van der Waals surface area contributed by atoms with Crippen LogP contribution in [-0.4, -0.2) is 28.7 Å². The molecule has 0 saturated carbocycles. The number of nitrogens with one attached hydrogen (secondary N) is 1. The summed E-state index contributed by atoms with van der Waals surface area (Å²) < 4.78 is 52.7. The number of sulfonamides is 1. The normalized spacial score (nSPS) is 14.0. The average molecular weight is 381 g/mol. The quantitative estimate of drug-likeness (QED) is 0.761. The van der Waals surface area contributed by atoms with Crippen LogP contribution in [0.3, 0.4) is 0 Å². The number of methoxy groups -OCH3 is 1. The lowest BCUT2D eigenvalue weighted by atomic mass is 9.95. The average Bonchev–Trinajstić information content (AvgIpc) is 2.62. The first-order valence-corrected chi connectivity index (χ1v) is 9.75. The fraction of sp³-hybridized carbons (Fsp3) is 0.368. The van der Waals surface area contributed by atoms with Crippen LogP contribution in [0, 0.1) is 12.7 Å². The van der Waals surface area contributed by atoms with Crippen LogP contribution >= 0.6 is 0 Å². The van der Waals surface area contributed by atoms with Crippen LogP contribution in [0.4, 0.5) is 4.39 Å². The van der Waals surface area contributed by atoms with Crippen molar-refractivity contribution >= 4 is 10.0 Å². The standard InChI is InChI=1S/C19H24FNO4S/c1-5-25-18-11-10-15(12-14(18)2)26(22,23)21-13-19(3,24-4)16-8-6-7-9-17(16)20/h6-12,21H,5,13H2,1-4H3. The highest BCUT2D eigenvalue weighted by Crippen LogP contribution is 2.27. The molecule has 26 heavy (non-hydrogen) atoms. The third kappa shape index (κ3) is 4.41. The van der Waals surface area contributed by atoms with E-state index < -0.39 is 21.4 Å². The molecule has 0 saturated heterocycles. The van der Waals surface area contributed by atoms with Crippen molar-refractivity contribution in [1.29, 1.82) is 0 Å². The lowest BCUT2D eigenvalue weighted by molar-refractivity contribution is 0.00410. The second-order valence-electron chi connectivity index (χ2n) is 6.10. The molecule has 0 amide bonds. The Morgan fingerprint density at radius 1 is 1.19 bits per heavy atom. The molecule has 2 rings (SSSR count). The molecule has 1 N–H and O–H groups in total. The van der Waals surface area contributed by atoms with Crippen molar-refractivity contribution in [2.45, 2.75) is 31.3 Å². The van der Waals surface area contributed by atoms with Crippen molar-refractivity contribution in [1.82, 2.24) is 4.72 Å². The van der Waals surface area contributed by atoms with Crippen molar-refractivity contribution in [2.75, 3.05) is 20.3 Å². The topological polar surface area (TPSA) is 64.6 Å². The molecule has 1 unspecified atom stereocenters. The maximum atomic E-state index is 14.1. The zero-order valence-corrected chi connectivity index (χ0v) is 16.2. The van der Waals surface area contributed by atoms with Gasteiger partial charge in [-0.1, -0.05) is 18.2 Å². The second-order valence-corrected chi connectivity index (χ2v) is 7.87. The number of aryl methyl sites for hydroxylation is 1. The van der Waals surface area contributed by atoms with Gasteiger partial charge in [-0.25, -0.2) is 17.5 Å². The van der Waals surface area contributed by atoms with Gasteiger partial charge in [0, 0.05) is 19.2 Å². The van der Waals surface area contributed by atoms with Crippen molar-refractivity contribution in [3.8, 4) is 5.75 Å². The SMILES string of the molecule is CCOc1ccc(S(=O)(=O)NCC(C)(OC)c2ccccc2F)cc1C. The summed E-state index contributed by atoms with van der Waals surface area (Å²) in [5.74, 6) is 0.187. The van der Waals surface area contributed by atoms with Gasteiger partial charge in [-0.3, -0.25) is 0 Å². The van der Waals surface area contributed by atoms with E-state index in [4.69, 9.17) is 9.47 Å². The van der Waals surface area contributed by atoms with Crippen LogP contribution in [-0.2, 0) is 20.4 Å². The molecule has 0 aromatic heterocycles. The molecule has 2 aromatic carbocycles. The van der Waals surface area contributed by atoms with Gasteiger partial charge in [0.25, 0.3) is 0 Å². The number of hydrogen-bond acceptors (Lipinski definition) is 4. The zero-order chi connectivity index (χ0) is 19.4. The first kappa shape index (κ1) is 20.4. The molecule has 0 aliphatic rings.